The van der Waals surface area contributed by atoms with Gasteiger partial charge < -0.3 is 15.2 Å². The zero-order valence-corrected chi connectivity index (χ0v) is 17.4. The minimum Gasteiger partial charge on any atom is -0.357 e. The molecule has 0 bridgehead atoms. The minimum absolute atomic E-state index is 0.0232. The fourth-order valence-electron chi connectivity index (χ4n) is 4.39. The van der Waals surface area contributed by atoms with Crippen molar-refractivity contribution in [1.82, 2.24) is 25.0 Å². The molecule has 2 aliphatic rings. The van der Waals surface area contributed by atoms with Crippen LogP contribution in [0, 0.1) is 5.92 Å². The second-order valence-electron chi connectivity index (χ2n) is 8.78. The number of rotatable bonds is 5. The van der Waals surface area contributed by atoms with E-state index in [9.17, 15) is 9.59 Å². The van der Waals surface area contributed by atoms with Crippen LogP contribution in [-0.4, -0.2) is 50.6 Å². The van der Waals surface area contributed by atoms with Crippen LogP contribution in [0.2, 0.25) is 0 Å². The van der Waals surface area contributed by atoms with Crippen molar-refractivity contribution in [3.8, 4) is 0 Å². The van der Waals surface area contributed by atoms with E-state index in [4.69, 9.17) is 0 Å². The van der Waals surface area contributed by atoms with Crippen molar-refractivity contribution >= 4 is 11.8 Å². The predicted molar refractivity (Wildman–Crippen MR) is 111 cm³/mol. The fraction of sp³-hybridized carbons (Fsp3) is 0.591. The van der Waals surface area contributed by atoms with Crippen LogP contribution in [0.25, 0.3) is 0 Å². The number of aromatic amines is 1. The first kappa shape index (κ1) is 19.7. The lowest BCUT2D eigenvalue weighted by Crippen LogP contribution is -2.49. The quantitative estimate of drug-likeness (QED) is 0.814. The summed E-state index contributed by atoms with van der Waals surface area (Å²) < 4.78 is 1.97. The van der Waals surface area contributed by atoms with Crippen molar-refractivity contribution < 1.29 is 9.59 Å². The number of nitrogens with one attached hydrogen (secondary N) is 2. The van der Waals surface area contributed by atoms with E-state index in [1.165, 1.54) is 0 Å². The lowest BCUT2D eigenvalue weighted by molar-refractivity contribution is 0.0669. The Labute approximate surface area is 171 Å². The highest BCUT2D eigenvalue weighted by molar-refractivity contribution is 5.94. The Kier molecular flexibility index (Phi) is 5.74. The molecule has 0 radical (unpaired) electrons. The van der Waals surface area contributed by atoms with E-state index in [0.29, 0.717) is 30.4 Å². The standard InChI is InChI=1S/C22H31N5O2/c1-15(2)10-16-11-19(23-13-16)21(28)24-17-6-5-8-26(14-17)22(29)20-12-18-7-3-4-9-27(18)25-20/h11-13,15,17,23H,3-10,14H2,1-2H3,(H,24,28)/t17-/m0/s1. The molecule has 156 valence electrons. The number of hydrogen-bond donors (Lipinski definition) is 2. The molecule has 2 amide bonds. The first-order valence-electron chi connectivity index (χ1n) is 10.8. The number of aryl methyl sites for hydroxylation is 2. The summed E-state index contributed by atoms with van der Waals surface area (Å²) in [6.07, 6.45) is 7.90. The summed E-state index contributed by atoms with van der Waals surface area (Å²) in [5.41, 5.74) is 3.43. The zero-order valence-electron chi connectivity index (χ0n) is 17.4. The molecule has 2 N–H and O–H groups in total. The lowest BCUT2D eigenvalue weighted by atomic mass is 10.0. The number of H-pyrrole nitrogens is 1. The van der Waals surface area contributed by atoms with Gasteiger partial charge in [-0.05, 0) is 62.1 Å². The molecule has 7 heteroatoms. The number of nitrogens with zero attached hydrogens (tertiary/aromatic N) is 3. The van der Waals surface area contributed by atoms with E-state index in [-0.39, 0.29) is 17.9 Å². The van der Waals surface area contributed by atoms with Gasteiger partial charge in [-0.25, -0.2) is 0 Å². The van der Waals surface area contributed by atoms with Gasteiger partial charge in [0.05, 0.1) is 0 Å². The molecule has 4 rings (SSSR count). The van der Waals surface area contributed by atoms with Crippen LogP contribution in [0.5, 0.6) is 0 Å². The average molecular weight is 398 g/mol. The molecular formula is C22H31N5O2. The lowest BCUT2D eigenvalue weighted by Gasteiger charge is -2.32. The first-order chi connectivity index (χ1) is 14.0. The van der Waals surface area contributed by atoms with Crippen LogP contribution in [-0.2, 0) is 19.4 Å². The highest BCUT2D eigenvalue weighted by atomic mass is 16.2. The van der Waals surface area contributed by atoms with Gasteiger partial charge in [-0.3, -0.25) is 14.3 Å². The molecule has 0 saturated carbocycles. The number of carbonyl (C=O) groups excluding carboxylic acids is 2. The van der Waals surface area contributed by atoms with Gasteiger partial charge in [0.15, 0.2) is 5.69 Å². The number of carbonyl (C=O) groups is 2. The monoisotopic (exact) mass is 397 g/mol. The molecule has 1 saturated heterocycles. The van der Waals surface area contributed by atoms with Crippen LogP contribution in [0.1, 0.15) is 71.8 Å². The van der Waals surface area contributed by atoms with Crippen LogP contribution in [0.4, 0.5) is 0 Å². The van der Waals surface area contributed by atoms with E-state index >= 15 is 0 Å². The first-order valence-corrected chi connectivity index (χ1v) is 10.8. The summed E-state index contributed by atoms with van der Waals surface area (Å²) >= 11 is 0. The molecule has 0 aromatic carbocycles. The summed E-state index contributed by atoms with van der Waals surface area (Å²) in [4.78, 5) is 30.5. The maximum Gasteiger partial charge on any atom is 0.274 e. The third kappa shape index (κ3) is 4.54. The van der Waals surface area contributed by atoms with Crippen molar-refractivity contribution in [2.45, 2.75) is 65.0 Å². The van der Waals surface area contributed by atoms with E-state index in [0.717, 1.165) is 56.3 Å². The second kappa shape index (κ2) is 8.43. The summed E-state index contributed by atoms with van der Waals surface area (Å²) in [7, 11) is 0. The summed E-state index contributed by atoms with van der Waals surface area (Å²) in [6.45, 7) is 6.48. The van der Waals surface area contributed by atoms with Gasteiger partial charge in [0, 0.05) is 37.6 Å². The van der Waals surface area contributed by atoms with Gasteiger partial charge in [-0.1, -0.05) is 13.8 Å². The smallest absolute Gasteiger partial charge is 0.274 e. The summed E-state index contributed by atoms with van der Waals surface area (Å²) in [5.74, 6) is 0.426. The maximum absolute atomic E-state index is 13.0. The number of amides is 2. The van der Waals surface area contributed by atoms with Crippen molar-refractivity contribution in [3.63, 3.8) is 0 Å². The molecule has 1 atom stereocenters. The Bertz CT molecular complexity index is 858. The summed E-state index contributed by atoms with van der Waals surface area (Å²) in [6, 6.07) is 3.84. The molecule has 0 spiro atoms. The molecule has 4 heterocycles. The van der Waals surface area contributed by atoms with Gasteiger partial charge in [0.2, 0.25) is 0 Å². The Morgan fingerprint density at radius 1 is 1.24 bits per heavy atom. The molecular weight excluding hydrogens is 366 g/mol. The number of aromatic nitrogens is 3. The third-order valence-corrected chi connectivity index (χ3v) is 5.81. The van der Waals surface area contributed by atoms with Gasteiger partial charge in [-0.2, -0.15) is 5.10 Å². The van der Waals surface area contributed by atoms with Gasteiger partial charge in [-0.15, -0.1) is 0 Å². The number of likely N-dealkylation sites (tertiary alicyclic amines) is 1. The Morgan fingerprint density at radius 3 is 2.90 bits per heavy atom. The van der Waals surface area contributed by atoms with E-state index < -0.39 is 0 Å². The largest absolute Gasteiger partial charge is 0.357 e. The molecule has 29 heavy (non-hydrogen) atoms. The SMILES string of the molecule is CC(C)Cc1c[nH]c(C(=O)N[C@H]2CCCN(C(=O)c3cc4n(n3)CCCC4)C2)c1. The third-order valence-electron chi connectivity index (χ3n) is 5.81. The number of piperidine rings is 1. The maximum atomic E-state index is 13.0. The molecule has 2 aromatic heterocycles. The molecule has 1 fully saturated rings. The number of fused-ring (bicyclic) bond motifs is 1. The Balaban J connectivity index is 1.36. The zero-order chi connectivity index (χ0) is 20.4. The van der Waals surface area contributed by atoms with Crippen molar-refractivity contribution in [1.29, 1.82) is 0 Å². The van der Waals surface area contributed by atoms with E-state index in [1.54, 1.807) is 0 Å². The van der Waals surface area contributed by atoms with Crippen LogP contribution in [0.3, 0.4) is 0 Å². The van der Waals surface area contributed by atoms with Gasteiger partial charge >= 0.3 is 0 Å². The second-order valence-corrected chi connectivity index (χ2v) is 8.78. The van der Waals surface area contributed by atoms with E-state index in [2.05, 4.69) is 29.2 Å². The number of hydrogen-bond acceptors (Lipinski definition) is 3. The molecule has 2 aliphatic heterocycles. The molecule has 0 unspecified atom stereocenters. The molecule has 2 aromatic rings. The highest BCUT2D eigenvalue weighted by Gasteiger charge is 2.28. The fourth-order valence-corrected chi connectivity index (χ4v) is 4.39. The minimum atomic E-state index is -0.100. The Hall–Kier alpha value is -2.57. The normalized spacial score (nSPS) is 19.3. The Morgan fingerprint density at radius 2 is 2.10 bits per heavy atom. The molecule has 0 aliphatic carbocycles. The van der Waals surface area contributed by atoms with Crippen molar-refractivity contribution in [2.75, 3.05) is 13.1 Å². The van der Waals surface area contributed by atoms with Gasteiger partial charge in [0.1, 0.15) is 5.69 Å². The topological polar surface area (TPSA) is 83.0 Å². The van der Waals surface area contributed by atoms with Crippen molar-refractivity contribution in [2.24, 2.45) is 5.92 Å². The highest BCUT2D eigenvalue weighted by Crippen LogP contribution is 2.19. The predicted octanol–water partition coefficient (Wildman–Crippen LogP) is 2.78. The van der Waals surface area contributed by atoms with Crippen LogP contribution < -0.4 is 5.32 Å². The van der Waals surface area contributed by atoms with Gasteiger partial charge in [0.25, 0.3) is 11.8 Å². The summed E-state index contributed by atoms with van der Waals surface area (Å²) in [5, 5.41) is 7.62. The van der Waals surface area contributed by atoms with Crippen molar-refractivity contribution in [3.05, 3.63) is 41.0 Å². The van der Waals surface area contributed by atoms with Crippen LogP contribution >= 0.6 is 0 Å². The average Bonchev–Trinajstić information content (AvgIpc) is 3.34. The van der Waals surface area contributed by atoms with Crippen LogP contribution in [0.15, 0.2) is 18.3 Å². The van der Waals surface area contributed by atoms with E-state index in [1.807, 2.05) is 27.9 Å². The molecule has 7 nitrogen and oxygen atoms in total.